The van der Waals surface area contributed by atoms with Crippen molar-refractivity contribution in [3.8, 4) is 0 Å². The summed E-state index contributed by atoms with van der Waals surface area (Å²) in [6.07, 6.45) is -12.7. The van der Waals surface area contributed by atoms with E-state index in [9.17, 15) is 26.3 Å². The van der Waals surface area contributed by atoms with Crippen molar-refractivity contribution in [1.29, 1.82) is 0 Å². The highest BCUT2D eigenvalue weighted by Crippen LogP contribution is 2.49. The predicted octanol–water partition coefficient (Wildman–Crippen LogP) is 3.67. The molecule has 0 aromatic rings. The van der Waals surface area contributed by atoms with Gasteiger partial charge in [-0.3, -0.25) is 0 Å². The first kappa shape index (κ1) is 15.5. The van der Waals surface area contributed by atoms with Gasteiger partial charge in [0.1, 0.15) is 0 Å². The number of rotatable bonds is 3. The Labute approximate surface area is 89.4 Å². The molecule has 16 heavy (non-hydrogen) atoms. The topological polar surface area (TPSA) is 20.2 Å². The van der Waals surface area contributed by atoms with E-state index < -0.39 is 29.8 Å². The van der Waals surface area contributed by atoms with E-state index in [1.807, 2.05) is 0 Å². The lowest BCUT2D eigenvalue weighted by molar-refractivity contribution is -0.375. The summed E-state index contributed by atoms with van der Waals surface area (Å²) in [5.74, 6) is 0. The monoisotopic (exact) mass is 252 g/mol. The summed E-state index contributed by atoms with van der Waals surface area (Å²) < 4.78 is 73.8. The molecule has 0 aliphatic rings. The Morgan fingerprint density at radius 1 is 0.875 bits per heavy atom. The number of hydrogen-bond donors (Lipinski definition) is 1. The van der Waals surface area contributed by atoms with Gasteiger partial charge in [0, 0.05) is 0 Å². The van der Waals surface area contributed by atoms with Gasteiger partial charge in [0.25, 0.3) is 5.60 Å². The molecule has 0 aromatic carbocycles. The SMILES string of the molecule is CCC(C)(C)CC(O)(C(F)(F)F)C(F)(F)F. The van der Waals surface area contributed by atoms with Crippen molar-refractivity contribution < 1.29 is 31.4 Å². The largest absolute Gasteiger partial charge is 0.426 e. The van der Waals surface area contributed by atoms with Gasteiger partial charge >= 0.3 is 12.4 Å². The third-order valence-electron chi connectivity index (χ3n) is 2.63. The smallest absolute Gasteiger partial charge is 0.374 e. The van der Waals surface area contributed by atoms with Crippen LogP contribution in [0, 0.1) is 5.41 Å². The Morgan fingerprint density at radius 2 is 1.19 bits per heavy atom. The highest BCUT2D eigenvalue weighted by molar-refractivity contribution is 4.97. The van der Waals surface area contributed by atoms with Gasteiger partial charge in [-0.15, -0.1) is 0 Å². The zero-order valence-electron chi connectivity index (χ0n) is 9.13. The molecule has 0 aromatic heterocycles. The van der Waals surface area contributed by atoms with Crippen molar-refractivity contribution in [2.45, 2.75) is 51.6 Å². The highest BCUT2D eigenvalue weighted by atomic mass is 19.4. The van der Waals surface area contributed by atoms with E-state index in [0.29, 0.717) is 0 Å². The van der Waals surface area contributed by atoms with Crippen LogP contribution in [0.2, 0.25) is 0 Å². The molecule has 0 aliphatic heterocycles. The van der Waals surface area contributed by atoms with Crippen LogP contribution in [0.1, 0.15) is 33.6 Å². The summed E-state index contributed by atoms with van der Waals surface area (Å²) in [6.45, 7) is 3.96. The molecule has 0 rings (SSSR count). The average molecular weight is 252 g/mol. The molecule has 0 amide bonds. The van der Waals surface area contributed by atoms with Crippen LogP contribution < -0.4 is 0 Å². The molecule has 0 aliphatic carbocycles. The van der Waals surface area contributed by atoms with Crippen molar-refractivity contribution in [3.05, 3.63) is 0 Å². The average Bonchev–Trinajstić information content (AvgIpc) is 1.99. The molecule has 1 N–H and O–H groups in total. The summed E-state index contributed by atoms with van der Waals surface area (Å²) in [5.41, 5.74) is -5.89. The van der Waals surface area contributed by atoms with E-state index in [-0.39, 0.29) is 6.42 Å². The molecule has 0 spiro atoms. The zero-order chi connectivity index (χ0) is 13.4. The van der Waals surface area contributed by atoms with Crippen LogP contribution in [0.5, 0.6) is 0 Å². The molecule has 0 bridgehead atoms. The molecule has 0 radical (unpaired) electrons. The fourth-order valence-corrected chi connectivity index (χ4v) is 1.18. The van der Waals surface area contributed by atoms with Crippen molar-refractivity contribution in [2.24, 2.45) is 5.41 Å². The Hall–Kier alpha value is -0.460. The molecular weight excluding hydrogens is 238 g/mol. The molecule has 0 atom stereocenters. The Kier molecular flexibility index (Phi) is 3.97. The van der Waals surface area contributed by atoms with E-state index in [0.717, 1.165) is 0 Å². The second-order valence-corrected chi connectivity index (χ2v) is 4.55. The molecule has 0 saturated heterocycles. The minimum Gasteiger partial charge on any atom is -0.374 e. The highest BCUT2D eigenvalue weighted by Gasteiger charge is 2.71. The number of aliphatic hydroxyl groups is 1. The van der Waals surface area contributed by atoms with E-state index >= 15 is 0 Å². The fraction of sp³-hybridized carbons (Fsp3) is 1.00. The van der Waals surface area contributed by atoms with Crippen LogP contribution in [-0.2, 0) is 0 Å². The normalized spacial score (nSPS) is 15.4. The van der Waals surface area contributed by atoms with E-state index in [4.69, 9.17) is 5.11 Å². The van der Waals surface area contributed by atoms with Gasteiger partial charge in [0.2, 0.25) is 0 Å². The standard InChI is InChI=1S/C9H14F6O/c1-4-6(2,3)5-7(16,8(10,11)12)9(13,14)15/h16H,4-5H2,1-3H3. The van der Waals surface area contributed by atoms with Gasteiger partial charge < -0.3 is 5.11 Å². The first-order chi connectivity index (χ1) is 6.77. The van der Waals surface area contributed by atoms with Crippen LogP contribution in [0.3, 0.4) is 0 Å². The van der Waals surface area contributed by atoms with E-state index in [2.05, 4.69) is 0 Å². The third kappa shape index (κ3) is 3.02. The van der Waals surface area contributed by atoms with Crippen molar-refractivity contribution in [1.82, 2.24) is 0 Å². The first-order valence-corrected chi connectivity index (χ1v) is 4.63. The van der Waals surface area contributed by atoms with Crippen molar-refractivity contribution >= 4 is 0 Å². The van der Waals surface area contributed by atoms with Gasteiger partial charge in [-0.1, -0.05) is 27.2 Å². The Balaban J connectivity index is 5.30. The maximum Gasteiger partial charge on any atom is 0.426 e. The summed E-state index contributed by atoms with van der Waals surface area (Å²) in [4.78, 5) is 0. The lowest BCUT2D eigenvalue weighted by Crippen LogP contribution is -2.58. The van der Waals surface area contributed by atoms with Crippen LogP contribution in [0.25, 0.3) is 0 Å². The molecule has 0 fully saturated rings. The van der Waals surface area contributed by atoms with Crippen LogP contribution in [-0.4, -0.2) is 23.1 Å². The van der Waals surface area contributed by atoms with Gasteiger partial charge in [0.05, 0.1) is 0 Å². The summed E-state index contributed by atoms with van der Waals surface area (Å²) in [5, 5.41) is 8.90. The lowest BCUT2D eigenvalue weighted by Gasteiger charge is -2.38. The second-order valence-electron chi connectivity index (χ2n) is 4.55. The van der Waals surface area contributed by atoms with Gasteiger partial charge in [-0.25, -0.2) is 0 Å². The minimum absolute atomic E-state index is 0.0987. The third-order valence-corrected chi connectivity index (χ3v) is 2.63. The van der Waals surface area contributed by atoms with Gasteiger partial charge in [-0.2, -0.15) is 26.3 Å². The molecule has 7 heteroatoms. The molecule has 98 valence electrons. The number of alkyl halides is 6. The Bertz CT molecular complexity index is 225. The molecule has 1 nitrogen and oxygen atoms in total. The van der Waals surface area contributed by atoms with Gasteiger partial charge in [-0.05, 0) is 11.8 Å². The van der Waals surface area contributed by atoms with Crippen LogP contribution in [0.4, 0.5) is 26.3 Å². The van der Waals surface area contributed by atoms with E-state index in [1.165, 1.54) is 20.8 Å². The summed E-state index contributed by atoms with van der Waals surface area (Å²) in [7, 11) is 0. The van der Waals surface area contributed by atoms with Crippen molar-refractivity contribution in [3.63, 3.8) is 0 Å². The molecule has 0 unspecified atom stereocenters. The predicted molar refractivity (Wildman–Crippen MR) is 45.7 cm³/mol. The van der Waals surface area contributed by atoms with Crippen LogP contribution >= 0.6 is 0 Å². The van der Waals surface area contributed by atoms with E-state index in [1.54, 1.807) is 0 Å². The summed E-state index contributed by atoms with van der Waals surface area (Å²) in [6, 6.07) is 0. The Morgan fingerprint density at radius 3 is 1.38 bits per heavy atom. The molecule has 0 heterocycles. The minimum atomic E-state index is -5.72. The van der Waals surface area contributed by atoms with Crippen LogP contribution in [0.15, 0.2) is 0 Å². The maximum absolute atomic E-state index is 12.3. The molecule has 0 saturated carbocycles. The maximum atomic E-state index is 12.3. The zero-order valence-corrected chi connectivity index (χ0v) is 9.13. The fourth-order valence-electron chi connectivity index (χ4n) is 1.18. The summed E-state index contributed by atoms with van der Waals surface area (Å²) >= 11 is 0. The van der Waals surface area contributed by atoms with Gasteiger partial charge in [0.15, 0.2) is 0 Å². The number of hydrogen-bond acceptors (Lipinski definition) is 1. The number of halogens is 6. The van der Waals surface area contributed by atoms with Crippen molar-refractivity contribution in [2.75, 3.05) is 0 Å². The molecular formula is C9H14F6O. The lowest BCUT2D eigenvalue weighted by atomic mass is 9.77. The first-order valence-electron chi connectivity index (χ1n) is 4.63. The quantitative estimate of drug-likeness (QED) is 0.760. The second kappa shape index (κ2) is 4.09.